The molecule has 0 amide bonds. The second kappa shape index (κ2) is 10.00. The zero-order valence-electron chi connectivity index (χ0n) is 21.6. The summed E-state index contributed by atoms with van der Waals surface area (Å²) in [7, 11) is 0. The van der Waals surface area contributed by atoms with E-state index in [2.05, 4.69) is 155 Å². The van der Waals surface area contributed by atoms with E-state index >= 15 is 0 Å². The molecule has 0 saturated heterocycles. The molecule has 186 valence electrons. The molecule has 0 spiro atoms. The SMILES string of the molecule is c1ccc(Cn2c3ccccc3c3cc(-c4ccc(Nc5ccc(-c6ccccc6)cc5)cc4)ccc32)cc1. The van der Waals surface area contributed by atoms with Gasteiger partial charge in [0, 0.05) is 39.7 Å². The first kappa shape index (κ1) is 23.1. The fourth-order valence-corrected chi connectivity index (χ4v) is 5.46. The molecule has 0 bridgehead atoms. The quantitative estimate of drug-likeness (QED) is 0.240. The minimum Gasteiger partial charge on any atom is -0.356 e. The van der Waals surface area contributed by atoms with Crippen LogP contribution in [0.1, 0.15) is 5.56 Å². The molecule has 6 aromatic carbocycles. The molecule has 2 heteroatoms. The van der Waals surface area contributed by atoms with Gasteiger partial charge < -0.3 is 9.88 Å². The number of anilines is 2. The van der Waals surface area contributed by atoms with Gasteiger partial charge >= 0.3 is 0 Å². The number of nitrogens with zero attached hydrogens (tertiary/aromatic N) is 1. The Bertz CT molecular complexity index is 1860. The number of rotatable bonds is 6. The second-order valence-electron chi connectivity index (χ2n) is 9.97. The Labute approximate surface area is 228 Å². The summed E-state index contributed by atoms with van der Waals surface area (Å²) in [5.41, 5.74) is 10.9. The average Bonchev–Trinajstić information content (AvgIpc) is 3.31. The number of nitrogens with one attached hydrogen (secondary N) is 1. The highest BCUT2D eigenvalue weighted by molar-refractivity contribution is 6.09. The van der Waals surface area contributed by atoms with E-state index in [-0.39, 0.29) is 0 Å². The molecule has 39 heavy (non-hydrogen) atoms. The number of fused-ring (bicyclic) bond motifs is 3. The lowest BCUT2D eigenvalue weighted by molar-refractivity contribution is 0.869. The molecule has 0 atom stereocenters. The third-order valence-corrected chi connectivity index (χ3v) is 7.45. The topological polar surface area (TPSA) is 17.0 Å². The van der Waals surface area contributed by atoms with E-state index in [1.54, 1.807) is 0 Å². The zero-order valence-corrected chi connectivity index (χ0v) is 21.6. The van der Waals surface area contributed by atoms with Crippen molar-refractivity contribution in [1.82, 2.24) is 4.57 Å². The third kappa shape index (κ3) is 4.58. The fraction of sp³-hybridized carbons (Fsp3) is 0.0270. The highest BCUT2D eigenvalue weighted by atomic mass is 15.0. The summed E-state index contributed by atoms with van der Waals surface area (Å²) >= 11 is 0. The minimum absolute atomic E-state index is 0.858. The van der Waals surface area contributed by atoms with Crippen LogP contribution in [0, 0.1) is 0 Å². The molecule has 0 aliphatic rings. The van der Waals surface area contributed by atoms with E-state index in [0.29, 0.717) is 0 Å². The molecule has 1 heterocycles. The highest BCUT2D eigenvalue weighted by Gasteiger charge is 2.12. The van der Waals surface area contributed by atoms with Crippen molar-refractivity contribution in [2.45, 2.75) is 6.54 Å². The van der Waals surface area contributed by atoms with Crippen molar-refractivity contribution in [2.75, 3.05) is 5.32 Å². The lowest BCUT2D eigenvalue weighted by Gasteiger charge is -2.10. The van der Waals surface area contributed by atoms with Crippen molar-refractivity contribution in [3.63, 3.8) is 0 Å². The lowest BCUT2D eigenvalue weighted by atomic mass is 10.0. The molecule has 7 aromatic rings. The van der Waals surface area contributed by atoms with Crippen LogP contribution in [0.15, 0.2) is 152 Å². The zero-order chi connectivity index (χ0) is 26.0. The van der Waals surface area contributed by atoms with Crippen LogP contribution in [0.4, 0.5) is 11.4 Å². The average molecular weight is 501 g/mol. The Hall–Kier alpha value is -5.08. The van der Waals surface area contributed by atoms with Gasteiger partial charge in [0.05, 0.1) is 0 Å². The monoisotopic (exact) mass is 500 g/mol. The molecule has 0 aliphatic carbocycles. The Morgan fingerprint density at radius 3 is 1.62 bits per heavy atom. The molecule has 7 rings (SSSR count). The van der Waals surface area contributed by atoms with Crippen molar-refractivity contribution in [2.24, 2.45) is 0 Å². The molecule has 0 radical (unpaired) electrons. The number of para-hydroxylation sites is 1. The van der Waals surface area contributed by atoms with E-state index < -0.39 is 0 Å². The maximum atomic E-state index is 3.54. The van der Waals surface area contributed by atoms with Crippen LogP contribution in [0.25, 0.3) is 44.1 Å². The molecule has 2 nitrogen and oxygen atoms in total. The summed E-state index contributed by atoms with van der Waals surface area (Å²) < 4.78 is 2.43. The van der Waals surface area contributed by atoms with Crippen LogP contribution in [-0.2, 0) is 6.54 Å². The van der Waals surface area contributed by atoms with Gasteiger partial charge in [-0.05, 0) is 70.3 Å². The largest absolute Gasteiger partial charge is 0.356 e. The summed E-state index contributed by atoms with van der Waals surface area (Å²) in [6, 6.07) is 54.0. The molecule has 0 fully saturated rings. The van der Waals surface area contributed by atoms with Gasteiger partial charge in [0.2, 0.25) is 0 Å². The van der Waals surface area contributed by atoms with Gasteiger partial charge in [-0.1, -0.05) is 109 Å². The summed E-state index contributed by atoms with van der Waals surface area (Å²) in [6.07, 6.45) is 0. The van der Waals surface area contributed by atoms with E-state index in [1.165, 1.54) is 49.6 Å². The van der Waals surface area contributed by atoms with Gasteiger partial charge in [-0.3, -0.25) is 0 Å². The van der Waals surface area contributed by atoms with Gasteiger partial charge in [0.25, 0.3) is 0 Å². The van der Waals surface area contributed by atoms with Crippen molar-refractivity contribution < 1.29 is 0 Å². The molecule has 0 aliphatic heterocycles. The van der Waals surface area contributed by atoms with Gasteiger partial charge in [0.15, 0.2) is 0 Å². The number of benzene rings is 6. The van der Waals surface area contributed by atoms with Crippen LogP contribution in [-0.4, -0.2) is 4.57 Å². The Morgan fingerprint density at radius 2 is 0.923 bits per heavy atom. The Kier molecular flexibility index (Phi) is 5.91. The first-order valence-corrected chi connectivity index (χ1v) is 13.4. The normalized spacial score (nSPS) is 11.2. The van der Waals surface area contributed by atoms with Crippen molar-refractivity contribution in [3.05, 3.63) is 157 Å². The predicted molar refractivity (Wildman–Crippen MR) is 166 cm³/mol. The first-order valence-electron chi connectivity index (χ1n) is 13.4. The van der Waals surface area contributed by atoms with Crippen LogP contribution in [0.2, 0.25) is 0 Å². The van der Waals surface area contributed by atoms with E-state index in [9.17, 15) is 0 Å². The number of aromatic nitrogens is 1. The first-order chi connectivity index (χ1) is 19.3. The molecular formula is C37H28N2. The molecular weight excluding hydrogens is 472 g/mol. The maximum absolute atomic E-state index is 3.54. The standard InChI is InChI=1S/C37H28N2/c1-3-9-27(10-4-1)26-39-36-14-8-7-13-34(36)35-25-31(19-24-37(35)39)30-17-22-33(23-18-30)38-32-20-15-29(16-21-32)28-11-5-2-6-12-28/h1-25,38H,26H2. The van der Waals surface area contributed by atoms with Crippen molar-refractivity contribution in [3.8, 4) is 22.3 Å². The fourth-order valence-electron chi connectivity index (χ4n) is 5.46. The van der Waals surface area contributed by atoms with Crippen LogP contribution in [0.5, 0.6) is 0 Å². The number of hydrogen-bond donors (Lipinski definition) is 1. The third-order valence-electron chi connectivity index (χ3n) is 7.45. The van der Waals surface area contributed by atoms with Gasteiger partial charge in [0.1, 0.15) is 0 Å². The van der Waals surface area contributed by atoms with E-state index in [0.717, 1.165) is 17.9 Å². The summed E-state index contributed by atoms with van der Waals surface area (Å²) in [4.78, 5) is 0. The lowest BCUT2D eigenvalue weighted by Crippen LogP contribution is -1.98. The number of hydrogen-bond acceptors (Lipinski definition) is 1. The maximum Gasteiger partial charge on any atom is 0.0494 e. The molecule has 1 aromatic heterocycles. The summed E-state index contributed by atoms with van der Waals surface area (Å²) in [5.74, 6) is 0. The summed E-state index contributed by atoms with van der Waals surface area (Å²) in [5, 5.41) is 6.12. The van der Waals surface area contributed by atoms with Gasteiger partial charge in [-0.15, -0.1) is 0 Å². The van der Waals surface area contributed by atoms with Crippen molar-refractivity contribution >= 4 is 33.2 Å². The van der Waals surface area contributed by atoms with Gasteiger partial charge in [-0.25, -0.2) is 0 Å². The van der Waals surface area contributed by atoms with Gasteiger partial charge in [-0.2, -0.15) is 0 Å². The molecule has 0 saturated carbocycles. The van der Waals surface area contributed by atoms with Crippen LogP contribution >= 0.6 is 0 Å². The predicted octanol–water partition coefficient (Wildman–Crippen LogP) is 9.92. The van der Waals surface area contributed by atoms with Crippen molar-refractivity contribution in [1.29, 1.82) is 0 Å². The second-order valence-corrected chi connectivity index (χ2v) is 9.97. The molecule has 1 N–H and O–H groups in total. The van der Waals surface area contributed by atoms with Crippen LogP contribution < -0.4 is 5.32 Å². The smallest absolute Gasteiger partial charge is 0.0494 e. The Balaban J connectivity index is 1.16. The van der Waals surface area contributed by atoms with Crippen LogP contribution in [0.3, 0.4) is 0 Å². The minimum atomic E-state index is 0.858. The van der Waals surface area contributed by atoms with E-state index in [4.69, 9.17) is 0 Å². The highest BCUT2D eigenvalue weighted by Crippen LogP contribution is 2.34. The Morgan fingerprint density at radius 1 is 0.410 bits per heavy atom. The summed E-state index contributed by atoms with van der Waals surface area (Å²) in [6.45, 7) is 0.858. The van der Waals surface area contributed by atoms with E-state index in [1.807, 2.05) is 6.07 Å². The molecule has 0 unspecified atom stereocenters.